The van der Waals surface area contributed by atoms with Crippen molar-refractivity contribution in [2.75, 3.05) is 0 Å². The third kappa shape index (κ3) is 2.91. The molecular formula is C9H11BrNO. The van der Waals surface area contributed by atoms with Gasteiger partial charge in [0, 0.05) is 17.1 Å². The zero-order valence-corrected chi connectivity index (χ0v) is 8.76. The number of hydrogen-bond acceptors (Lipinski definition) is 1. The van der Waals surface area contributed by atoms with E-state index in [1.807, 2.05) is 12.1 Å². The van der Waals surface area contributed by atoms with Crippen molar-refractivity contribution in [2.24, 2.45) is 0 Å². The van der Waals surface area contributed by atoms with Crippen molar-refractivity contribution in [1.29, 1.82) is 0 Å². The van der Waals surface area contributed by atoms with Crippen LogP contribution in [0.15, 0.2) is 22.8 Å². The maximum Gasteiger partial charge on any atom is 0.104 e. The Morgan fingerprint density at radius 2 is 2.25 bits per heavy atom. The molecule has 1 radical (unpaired) electrons. The van der Waals surface area contributed by atoms with E-state index < -0.39 is 5.60 Å². The summed E-state index contributed by atoms with van der Waals surface area (Å²) in [6.45, 7) is 3.32. The van der Waals surface area contributed by atoms with E-state index in [1.54, 1.807) is 20.0 Å². The lowest BCUT2D eigenvalue weighted by molar-refractivity contribution is 0.00387. The van der Waals surface area contributed by atoms with Crippen molar-refractivity contribution in [1.82, 2.24) is 4.98 Å². The minimum absolute atomic E-state index is 0.453. The fourth-order valence-corrected chi connectivity index (χ4v) is 1.35. The van der Waals surface area contributed by atoms with E-state index in [1.165, 1.54) is 0 Å². The molecule has 12 heavy (non-hydrogen) atoms. The van der Waals surface area contributed by atoms with E-state index in [0.717, 1.165) is 10.2 Å². The first-order valence-corrected chi connectivity index (χ1v) is 4.58. The van der Waals surface area contributed by atoms with Crippen molar-refractivity contribution in [3.8, 4) is 0 Å². The summed E-state index contributed by atoms with van der Waals surface area (Å²) in [7, 11) is 0. The maximum absolute atomic E-state index is 11.4. The highest BCUT2D eigenvalue weighted by molar-refractivity contribution is 9.10. The molecule has 0 fully saturated rings. The van der Waals surface area contributed by atoms with Crippen molar-refractivity contribution >= 4 is 15.9 Å². The molecular weight excluding hydrogens is 218 g/mol. The van der Waals surface area contributed by atoms with Crippen LogP contribution >= 0.6 is 15.9 Å². The minimum Gasteiger partial charge on any atom is -0.260 e. The summed E-state index contributed by atoms with van der Waals surface area (Å²) in [4.78, 5) is 4.12. The van der Waals surface area contributed by atoms with Crippen LogP contribution in [0.2, 0.25) is 0 Å². The first-order valence-electron chi connectivity index (χ1n) is 3.79. The van der Waals surface area contributed by atoms with Crippen LogP contribution in [0.25, 0.3) is 0 Å². The highest BCUT2D eigenvalue weighted by atomic mass is 79.9. The van der Waals surface area contributed by atoms with Gasteiger partial charge in [0.1, 0.15) is 5.60 Å². The van der Waals surface area contributed by atoms with Crippen LogP contribution in [0.5, 0.6) is 0 Å². The predicted molar refractivity (Wildman–Crippen MR) is 50.4 cm³/mol. The molecule has 0 aliphatic rings. The van der Waals surface area contributed by atoms with Gasteiger partial charge in [-0.25, -0.2) is 5.11 Å². The fraction of sp³-hybridized carbons (Fsp3) is 0.444. The lowest BCUT2D eigenvalue weighted by atomic mass is 10.0. The lowest BCUT2D eigenvalue weighted by Crippen LogP contribution is -2.20. The second kappa shape index (κ2) is 3.54. The van der Waals surface area contributed by atoms with Gasteiger partial charge in [0.05, 0.1) is 5.69 Å². The SMILES string of the molecule is CC(C)([O])Cc1ncccc1Br. The zero-order chi connectivity index (χ0) is 9.19. The molecule has 0 unspecified atom stereocenters. The Hall–Kier alpha value is -0.410. The molecule has 0 atom stereocenters. The van der Waals surface area contributed by atoms with Gasteiger partial charge in [-0.2, -0.15) is 0 Å². The van der Waals surface area contributed by atoms with Gasteiger partial charge >= 0.3 is 0 Å². The minimum atomic E-state index is -0.948. The molecule has 0 N–H and O–H groups in total. The summed E-state index contributed by atoms with van der Waals surface area (Å²) in [5, 5.41) is 11.4. The highest BCUT2D eigenvalue weighted by Crippen LogP contribution is 2.18. The van der Waals surface area contributed by atoms with Crippen molar-refractivity contribution in [3.05, 3.63) is 28.5 Å². The van der Waals surface area contributed by atoms with Crippen LogP contribution in [-0.4, -0.2) is 10.6 Å². The Bertz CT molecular complexity index is 267. The van der Waals surface area contributed by atoms with Gasteiger partial charge in [0.2, 0.25) is 0 Å². The molecule has 1 aromatic heterocycles. The van der Waals surface area contributed by atoms with Crippen LogP contribution in [0.3, 0.4) is 0 Å². The van der Waals surface area contributed by atoms with Crippen LogP contribution in [0.1, 0.15) is 19.5 Å². The molecule has 3 heteroatoms. The Morgan fingerprint density at radius 1 is 1.58 bits per heavy atom. The average Bonchev–Trinajstić information content (AvgIpc) is 1.91. The summed E-state index contributed by atoms with van der Waals surface area (Å²) in [6, 6.07) is 3.74. The number of rotatable bonds is 2. The van der Waals surface area contributed by atoms with Gasteiger partial charge in [-0.1, -0.05) is 0 Å². The maximum atomic E-state index is 11.4. The summed E-state index contributed by atoms with van der Waals surface area (Å²) in [5.74, 6) is 0. The zero-order valence-electron chi connectivity index (χ0n) is 7.17. The first-order chi connectivity index (χ1) is 5.49. The van der Waals surface area contributed by atoms with Gasteiger partial charge in [-0.3, -0.25) is 4.98 Å². The van der Waals surface area contributed by atoms with Crippen molar-refractivity contribution in [3.63, 3.8) is 0 Å². The molecule has 0 saturated heterocycles. The third-order valence-corrected chi connectivity index (χ3v) is 2.15. The second-order valence-electron chi connectivity index (χ2n) is 3.37. The number of pyridine rings is 1. The standard InChI is InChI=1S/C9H11BrNO/c1-9(2,12)6-8-7(10)4-3-5-11-8/h3-5H,6H2,1-2H3. The molecule has 0 amide bonds. The number of hydrogen-bond donors (Lipinski definition) is 0. The Balaban J connectivity index is 2.83. The van der Waals surface area contributed by atoms with Crippen LogP contribution in [0, 0.1) is 0 Å². The predicted octanol–water partition coefficient (Wildman–Crippen LogP) is 2.60. The molecule has 2 nitrogen and oxygen atoms in total. The largest absolute Gasteiger partial charge is 0.260 e. The van der Waals surface area contributed by atoms with E-state index >= 15 is 0 Å². The quantitative estimate of drug-likeness (QED) is 0.767. The summed E-state index contributed by atoms with van der Waals surface area (Å²) in [6.07, 6.45) is 2.15. The molecule has 1 aromatic rings. The molecule has 1 heterocycles. The molecule has 0 aliphatic heterocycles. The summed E-state index contributed by atoms with van der Waals surface area (Å²) < 4.78 is 0.911. The fourth-order valence-electron chi connectivity index (χ4n) is 0.952. The van der Waals surface area contributed by atoms with Gasteiger partial charge < -0.3 is 0 Å². The van der Waals surface area contributed by atoms with E-state index in [4.69, 9.17) is 0 Å². The van der Waals surface area contributed by atoms with Crippen molar-refractivity contribution < 1.29 is 5.11 Å². The normalized spacial score (nSPS) is 11.7. The van der Waals surface area contributed by atoms with Crippen LogP contribution < -0.4 is 0 Å². The van der Waals surface area contributed by atoms with E-state index in [0.29, 0.717) is 6.42 Å². The highest BCUT2D eigenvalue weighted by Gasteiger charge is 2.17. The van der Waals surface area contributed by atoms with Crippen LogP contribution in [0.4, 0.5) is 0 Å². The van der Waals surface area contributed by atoms with Gasteiger partial charge in [0.25, 0.3) is 0 Å². The average molecular weight is 229 g/mol. The molecule has 0 saturated carbocycles. The smallest absolute Gasteiger partial charge is 0.104 e. The topological polar surface area (TPSA) is 32.8 Å². The van der Waals surface area contributed by atoms with Crippen LogP contribution in [-0.2, 0) is 11.5 Å². The Kier molecular flexibility index (Phi) is 2.85. The molecule has 0 aliphatic carbocycles. The van der Waals surface area contributed by atoms with E-state index in [9.17, 15) is 5.11 Å². The second-order valence-corrected chi connectivity index (χ2v) is 4.22. The van der Waals surface area contributed by atoms with E-state index in [2.05, 4.69) is 20.9 Å². The van der Waals surface area contributed by atoms with Gasteiger partial charge in [0.15, 0.2) is 0 Å². The summed E-state index contributed by atoms with van der Waals surface area (Å²) >= 11 is 3.35. The van der Waals surface area contributed by atoms with Gasteiger partial charge in [-0.15, -0.1) is 0 Å². The van der Waals surface area contributed by atoms with E-state index in [-0.39, 0.29) is 0 Å². The number of halogens is 1. The molecule has 65 valence electrons. The first kappa shape index (κ1) is 9.68. The molecule has 0 bridgehead atoms. The monoisotopic (exact) mass is 228 g/mol. The summed E-state index contributed by atoms with van der Waals surface area (Å²) in [5.41, 5.74) is -0.117. The Morgan fingerprint density at radius 3 is 2.75 bits per heavy atom. The molecule has 0 spiro atoms. The molecule has 0 aromatic carbocycles. The van der Waals surface area contributed by atoms with Crippen molar-refractivity contribution in [2.45, 2.75) is 25.9 Å². The van der Waals surface area contributed by atoms with Gasteiger partial charge in [-0.05, 0) is 41.9 Å². The number of nitrogens with zero attached hydrogens (tertiary/aromatic N) is 1. The number of aromatic nitrogens is 1. The third-order valence-electron chi connectivity index (χ3n) is 1.43. The lowest BCUT2D eigenvalue weighted by Gasteiger charge is -2.13. The Labute approximate surface area is 80.8 Å². The molecule has 1 rings (SSSR count).